The average molecular weight is 1090 g/mol. The van der Waals surface area contributed by atoms with Gasteiger partial charge in [-0.1, -0.05) is 13.8 Å². The number of nitrogens with two attached hydrogens (primary N) is 1. The third-order valence-electron chi connectivity index (χ3n) is 13.2. The third-order valence-corrected chi connectivity index (χ3v) is 13.2. The number of aryl methyl sites for hydroxylation is 3. The number of ether oxygens (including phenoxy) is 10. The van der Waals surface area contributed by atoms with Gasteiger partial charge >= 0.3 is 24.1 Å². The molecule has 7 rings (SSSR count). The SMILES string of the molecule is CCc1c2c(nc3ccc(OC(=O)OC(C)(C)C)cc13)-c1cc3c(c(=O)n1C2)COC(=O)C3(CC)OC(=O)CCOCCOCCOCCN=CC(CCCOc1cc(OCCCc2c(C)n[nH]c2C)cc(C(=O)OC)c1)=NN. The molecule has 1 unspecified atom stereocenters. The Balaban J connectivity index is 0.797. The third kappa shape index (κ3) is 14.9. The van der Waals surface area contributed by atoms with Crippen molar-refractivity contribution in [2.45, 2.75) is 118 Å². The first-order valence-corrected chi connectivity index (χ1v) is 26.5. The maximum atomic E-state index is 14.2. The van der Waals surface area contributed by atoms with Crippen LogP contribution >= 0.6 is 0 Å². The van der Waals surface area contributed by atoms with Crippen molar-refractivity contribution in [3.63, 3.8) is 0 Å². The molecule has 0 spiro atoms. The number of aliphatic imine (C=N–C) groups is 1. The number of pyridine rings is 2. The van der Waals surface area contributed by atoms with Crippen LogP contribution in [0.15, 0.2) is 57.4 Å². The van der Waals surface area contributed by atoms with E-state index >= 15 is 0 Å². The molecular weight excluding hydrogens is 1020 g/mol. The molecule has 79 heavy (non-hydrogen) atoms. The van der Waals surface area contributed by atoms with Crippen LogP contribution in [0.2, 0.25) is 0 Å². The molecule has 424 valence electrons. The Kier molecular flexibility index (Phi) is 20.4. The molecule has 1 atom stereocenters. The Bertz CT molecular complexity index is 3100. The predicted octanol–water partition coefficient (Wildman–Crippen LogP) is 7.33. The summed E-state index contributed by atoms with van der Waals surface area (Å²) < 4.78 is 57.6. The quantitative estimate of drug-likeness (QED) is 0.00925. The molecule has 5 heterocycles. The number of rotatable bonds is 28. The molecule has 0 fully saturated rings. The van der Waals surface area contributed by atoms with Gasteiger partial charge in [0.2, 0.25) is 5.60 Å². The maximum Gasteiger partial charge on any atom is 0.514 e. The van der Waals surface area contributed by atoms with Gasteiger partial charge < -0.3 is 57.8 Å². The highest BCUT2D eigenvalue weighted by Crippen LogP contribution is 2.43. The zero-order valence-corrected chi connectivity index (χ0v) is 46.3. The number of aromatic amines is 1. The largest absolute Gasteiger partial charge is 0.514 e. The fraction of sp³-hybridized carbons (Fsp3) is 0.491. The molecule has 0 aliphatic carbocycles. The van der Waals surface area contributed by atoms with E-state index in [-0.39, 0.29) is 62.5 Å². The van der Waals surface area contributed by atoms with Gasteiger partial charge in [-0.2, -0.15) is 10.2 Å². The Hall–Kier alpha value is -7.69. The Morgan fingerprint density at radius 1 is 0.861 bits per heavy atom. The van der Waals surface area contributed by atoms with Gasteiger partial charge in [0.05, 0.1) is 119 Å². The van der Waals surface area contributed by atoms with Gasteiger partial charge in [-0.3, -0.25) is 19.7 Å². The van der Waals surface area contributed by atoms with E-state index < -0.39 is 35.3 Å². The first-order valence-electron chi connectivity index (χ1n) is 26.5. The number of hydrazone groups is 1. The average Bonchev–Trinajstić information content (AvgIpc) is 4.19. The second-order valence-electron chi connectivity index (χ2n) is 19.8. The fourth-order valence-corrected chi connectivity index (χ4v) is 9.32. The normalized spacial score (nSPS) is 14.9. The van der Waals surface area contributed by atoms with E-state index in [9.17, 15) is 24.0 Å². The van der Waals surface area contributed by atoms with E-state index in [1.165, 1.54) is 12.7 Å². The number of cyclic esters (lactones) is 1. The van der Waals surface area contributed by atoms with Crippen molar-refractivity contribution < 1.29 is 66.5 Å². The number of benzene rings is 2. The summed E-state index contributed by atoms with van der Waals surface area (Å²) in [5, 5.41) is 11.8. The molecule has 2 aliphatic rings. The number of aromatic nitrogens is 4. The topological polar surface area (TPSA) is 275 Å². The smallest absolute Gasteiger partial charge is 0.493 e. The van der Waals surface area contributed by atoms with Crippen LogP contribution in [-0.2, 0) is 74.3 Å². The summed E-state index contributed by atoms with van der Waals surface area (Å²) >= 11 is 0. The summed E-state index contributed by atoms with van der Waals surface area (Å²) in [5.41, 5.74) is 5.02. The number of nitrogens with one attached hydrogen (secondary N) is 1. The molecule has 2 aromatic carbocycles. The molecular formula is C57H71N7O15. The second kappa shape index (κ2) is 27.3. The van der Waals surface area contributed by atoms with Crippen LogP contribution in [0, 0.1) is 13.8 Å². The highest BCUT2D eigenvalue weighted by Gasteiger charge is 2.50. The van der Waals surface area contributed by atoms with E-state index in [0.29, 0.717) is 104 Å². The summed E-state index contributed by atoms with van der Waals surface area (Å²) in [7, 11) is 1.32. The van der Waals surface area contributed by atoms with Gasteiger partial charge in [0.1, 0.15) is 29.5 Å². The lowest BCUT2D eigenvalue weighted by Gasteiger charge is -2.35. The molecule has 22 nitrogen and oxygen atoms in total. The van der Waals surface area contributed by atoms with Gasteiger partial charge in [-0.25, -0.2) is 19.4 Å². The van der Waals surface area contributed by atoms with E-state index in [1.54, 1.807) is 80.9 Å². The number of methoxy groups -OCH3 is 1. The van der Waals surface area contributed by atoms with E-state index in [1.807, 2.05) is 20.8 Å². The monoisotopic (exact) mass is 1090 g/mol. The molecule has 3 N–H and O–H groups in total. The molecule has 0 saturated carbocycles. The minimum atomic E-state index is -1.86. The minimum absolute atomic E-state index is 0.00335. The summed E-state index contributed by atoms with van der Waals surface area (Å²) in [4.78, 5) is 75.3. The Labute approximate surface area is 458 Å². The lowest BCUT2D eigenvalue weighted by atomic mass is 9.85. The van der Waals surface area contributed by atoms with Gasteiger partial charge in [0.25, 0.3) is 5.56 Å². The first-order chi connectivity index (χ1) is 38.0. The summed E-state index contributed by atoms with van der Waals surface area (Å²) in [6, 6.07) is 11.8. The minimum Gasteiger partial charge on any atom is -0.493 e. The number of carbonyl (C=O) groups excluding carboxylic acids is 4. The van der Waals surface area contributed by atoms with Crippen molar-refractivity contribution in [1.29, 1.82) is 0 Å². The number of fused-ring (bicyclic) bond motifs is 5. The summed E-state index contributed by atoms with van der Waals surface area (Å²) in [6.45, 7) is 15.4. The van der Waals surface area contributed by atoms with Crippen LogP contribution in [0.1, 0.15) is 116 Å². The number of H-pyrrole nitrogens is 1. The van der Waals surface area contributed by atoms with Crippen LogP contribution in [0.3, 0.4) is 0 Å². The van der Waals surface area contributed by atoms with Crippen LogP contribution in [0.25, 0.3) is 22.3 Å². The second-order valence-corrected chi connectivity index (χ2v) is 19.8. The van der Waals surface area contributed by atoms with E-state index in [2.05, 4.69) is 20.3 Å². The zero-order valence-electron chi connectivity index (χ0n) is 46.3. The van der Waals surface area contributed by atoms with Gasteiger partial charge in [-0.05, 0) is 121 Å². The van der Waals surface area contributed by atoms with Crippen molar-refractivity contribution in [1.82, 2.24) is 19.7 Å². The predicted molar refractivity (Wildman–Crippen MR) is 291 cm³/mol. The van der Waals surface area contributed by atoms with Crippen molar-refractivity contribution in [2.24, 2.45) is 15.9 Å². The Morgan fingerprint density at radius 3 is 2.23 bits per heavy atom. The molecule has 2 aliphatic heterocycles. The van der Waals surface area contributed by atoms with Crippen molar-refractivity contribution in [3.8, 4) is 28.6 Å². The van der Waals surface area contributed by atoms with E-state index in [0.717, 1.165) is 40.7 Å². The van der Waals surface area contributed by atoms with Gasteiger partial charge in [0, 0.05) is 34.5 Å². The van der Waals surface area contributed by atoms with Crippen LogP contribution in [0.5, 0.6) is 17.2 Å². The molecule has 22 heteroatoms. The number of nitrogens with zero attached hydrogens (tertiary/aromatic N) is 5. The zero-order chi connectivity index (χ0) is 56.7. The van der Waals surface area contributed by atoms with Crippen molar-refractivity contribution in [3.05, 3.63) is 97.6 Å². The molecule has 0 bridgehead atoms. The van der Waals surface area contributed by atoms with Crippen LogP contribution in [-0.4, -0.2) is 128 Å². The fourth-order valence-electron chi connectivity index (χ4n) is 9.32. The maximum absolute atomic E-state index is 14.2. The number of esters is 3. The van der Waals surface area contributed by atoms with Crippen LogP contribution < -0.4 is 25.6 Å². The van der Waals surface area contributed by atoms with Crippen molar-refractivity contribution >= 4 is 46.9 Å². The van der Waals surface area contributed by atoms with E-state index in [4.69, 9.17) is 58.2 Å². The lowest BCUT2D eigenvalue weighted by molar-refractivity contribution is -0.190. The standard InChI is InChI=1S/C57H71N7O15/c1-9-42-44-30-39(77-55(69)79-56(5,6)7)15-16-48(44)60-51-45(42)33-64-49(51)31-47-46(52(64)66)34-76-54(68)57(47,10-2)78-50(65)17-21-71-23-25-73-26-24-72-22-18-59-32-38(61-58)13-11-19-74-40-27-37(53(67)70-8)28-41(29-40)75-20-12-14-43-35(3)62-63-36(43)4/h15-16,27-32H,9-14,17-26,33-34,58H2,1-8H3,(H,62,63). The molecule has 0 radical (unpaired) electrons. The number of hydrogen-bond acceptors (Lipinski definition) is 20. The summed E-state index contributed by atoms with van der Waals surface area (Å²) in [6.07, 6.45) is 3.86. The number of carbonyl (C=O) groups is 4. The summed E-state index contributed by atoms with van der Waals surface area (Å²) in [5.74, 6) is 4.91. The van der Waals surface area contributed by atoms with Crippen LogP contribution in [0.4, 0.5) is 4.79 Å². The van der Waals surface area contributed by atoms with Crippen molar-refractivity contribution in [2.75, 3.05) is 66.5 Å². The highest BCUT2D eigenvalue weighted by molar-refractivity contribution is 6.30. The first kappa shape index (κ1) is 59.0. The molecule has 3 aromatic heterocycles. The van der Waals surface area contributed by atoms with Gasteiger partial charge in [-0.15, -0.1) is 0 Å². The van der Waals surface area contributed by atoms with Gasteiger partial charge in [0.15, 0.2) is 0 Å². The lowest BCUT2D eigenvalue weighted by Crippen LogP contribution is -2.47. The molecule has 0 amide bonds. The molecule has 0 saturated heterocycles. The molecule has 5 aromatic rings. The highest BCUT2D eigenvalue weighted by atomic mass is 16.7. The number of hydrogen-bond donors (Lipinski definition) is 2. The Morgan fingerprint density at radius 2 is 1.57 bits per heavy atom.